The Kier molecular flexibility index (Phi) is 5.48. The summed E-state index contributed by atoms with van der Waals surface area (Å²) in [5, 5.41) is 13.6. The van der Waals surface area contributed by atoms with Crippen LogP contribution in [0.4, 0.5) is 9.93 Å². The van der Waals surface area contributed by atoms with Crippen LogP contribution in [0, 0.1) is 5.92 Å². The fourth-order valence-corrected chi connectivity index (χ4v) is 2.14. The molecule has 1 rings (SSSR count). The Morgan fingerprint density at radius 2 is 2.05 bits per heavy atom. The number of aliphatic carboxylic acids is 1. The number of allylic oxidation sites excluding steroid dienone is 1. The molecule has 0 saturated carbocycles. The van der Waals surface area contributed by atoms with Gasteiger partial charge in [0, 0.05) is 5.38 Å². The summed E-state index contributed by atoms with van der Waals surface area (Å²) in [5.41, 5.74) is -0.153. The van der Waals surface area contributed by atoms with Crippen molar-refractivity contribution in [1.82, 2.24) is 4.98 Å². The molecule has 0 aliphatic heterocycles. The number of hydrogen-bond acceptors (Lipinski definition) is 5. The molecule has 0 aliphatic carbocycles. The first-order valence-corrected chi connectivity index (χ1v) is 7.37. The van der Waals surface area contributed by atoms with Crippen molar-refractivity contribution in [1.29, 1.82) is 0 Å². The number of nitrogens with one attached hydrogen (secondary N) is 1. The molecule has 1 heterocycles. The van der Waals surface area contributed by atoms with Crippen LogP contribution < -0.4 is 5.32 Å². The van der Waals surface area contributed by atoms with Crippen molar-refractivity contribution >= 4 is 34.1 Å². The van der Waals surface area contributed by atoms with Crippen molar-refractivity contribution in [3.63, 3.8) is 0 Å². The summed E-state index contributed by atoms with van der Waals surface area (Å²) in [5.74, 6) is -0.960. The third-order valence-corrected chi connectivity index (χ3v) is 2.88. The number of anilines is 1. The van der Waals surface area contributed by atoms with E-state index < -0.39 is 17.7 Å². The molecule has 0 bridgehead atoms. The summed E-state index contributed by atoms with van der Waals surface area (Å²) in [6.45, 7) is 9.04. The van der Waals surface area contributed by atoms with Gasteiger partial charge in [-0.15, -0.1) is 11.3 Å². The Hall–Kier alpha value is -1.89. The lowest BCUT2D eigenvalue weighted by Crippen LogP contribution is -2.27. The van der Waals surface area contributed by atoms with Crippen LogP contribution in [-0.2, 0) is 9.53 Å². The Balaban J connectivity index is 2.86. The molecule has 0 unspecified atom stereocenters. The van der Waals surface area contributed by atoms with Crippen molar-refractivity contribution in [3.05, 3.63) is 17.2 Å². The predicted molar refractivity (Wildman–Crippen MR) is 82.4 cm³/mol. The van der Waals surface area contributed by atoms with Crippen LogP contribution in [0.25, 0.3) is 5.57 Å². The normalized spacial score (nSPS) is 12.4. The average molecular weight is 312 g/mol. The number of rotatable bonds is 4. The molecule has 0 saturated heterocycles. The molecule has 6 nitrogen and oxygen atoms in total. The molecule has 2 N–H and O–H groups in total. The van der Waals surface area contributed by atoms with Gasteiger partial charge in [-0.25, -0.2) is 14.6 Å². The van der Waals surface area contributed by atoms with Gasteiger partial charge >= 0.3 is 12.1 Å². The number of amides is 1. The minimum absolute atomic E-state index is 0.0834. The van der Waals surface area contributed by atoms with Crippen LogP contribution in [0.5, 0.6) is 0 Å². The maximum atomic E-state index is 11.6. The molecule has 1 aromatic heterocycles. The van der Waals surface area contributed by atoms with Gasteiger partial charge in [-0.2, -0.15) is 0 Å². The van der Waals surface area contributed by atoms with E-state index in [0.29, 0.717) is 10.8 Å². The van der Waals surface area contributed by atoms with Gasteiger partial charge in [0.05, 0.1) is 11.3 Å². The second-order valence-electron chi connectivity index (χ2n) is 5.79. The first-order valence-electron chi connectivity index (χ1n) is 6.49. The van der Waals surface area contributed by atoms with E-state index in [2.05, 4.69) is 10.3 Å². The Morgan fingerprint density at radius 1 is 1.43 bits per heavy atom. The molecule has 0 spiro atoms. The number of carbonyl (C=O) groups is 2. The molecule has 0 fully saturated rings. The SMILES string of the molecule is CC(C)/C=C(\C(=O)O)c1csc(NC(=O)OC(C)(C)C)n1. The summed E-state index contributed by atoms with van der Waals surface area (Å²) in [6, 6.07) is 0. The molecule has 0 atom stereocenters. The third-order valence-electron chi connectivity index (χ3n) is 2.12. The van der Waals surface area contributed by atoms with Crippen molar-refractivity contribution in [2.45, 2.75) is 40.2 Å². The predicted octanol–water partition coefficient (Wildman–Crippen LogP) is 3.61. The molecule has 7 heteroatoms. The summed E-state index contributed by atoms with van der Waals surface area (Å²) in [6.07, 6.45) is 1.00. The summed E-state index contributed by atoms with van der Waals surface area (Å²) >= 11 is 1.15. The lowest BCUT2D eigenvalue weighted by molar-refractivity contribution is -0.130. The molecular weight excluding hydrogens is 292 g/mol. The van der Waals surface area contributed by atoms with Gasteiger partial charge in [0.15, 0.2) is 5.13 Å². The minimum atomic E-state index is -1.04. The van der Waals surface area contributed by atoms with E-state index in [0.717, 1.165) is 11.3 Å². The quantitative estimate of drug-likeness (QED) is 0.829. The highest BCUT2D eigenvalue weighted by molar-refractivity contribution is 7.14. The van der Waals surface area contributed by atoms with Gasteiger partial charge in [-0.1, -0.05) is 19.9 Å². The van der Waals surface area contributed by atoms with E-state index in [4.69, 9.17) is 4.74 Å². The molecule has 0 aromatic carbocycles. The monoisotopic (exact) mass is 312 g/mol. The largest absolute Gasteiger partial charge is 0.478 e. The lowest BCUT2D eigenvalue weighted by atomic mass is 10.1. The smallest absolute Gasteiger partial charge is 0.413 e. The van der Waals surface area contributed by atoms with Gasteiger partial charge in [-0.3, -0.25) is 5.32 Å². The number of nitrogens with zero attached hydrogens (tertiary/aromatic N) is 1. The molecule has 1 amide bonds. The zero-order chi connectivity index (χ0) is 16.2. The maximum absolute atomic E-state index is 11.6. The highest BCUT2D eigenvalue weighted by Gasteiger charge is 2.19. The van der Waals surface area contributed by atoms with Crippen LogP contribution in [-0.4, -0.2) is 27.8 Å². The molecule has 0 aliphatic rings. The van der Waals surface area contributed by atoms with E-state index in [-0.39, 0.29) is 11.5 Å². The zero-order valence-corrected chi connectivity index (χ0v) is 13.6. The van der Waals surface area contributed by atoms with Crippen LogP contribution >= 0.6 is 11.3 Å². The average Bonchev–Trinajstić information content (AvgIpc) is 2.70. The lowest BCUT2D eigenvalue weighted by Gasteiger charge is -2.18. The Bertz CT molecular complexity index is 556. The van der Waals surface area contributed by atoms with E-state index in [1.54, 1.807) is 32.2 Å². The van der Waals surface area contributed by atoms with Crippen LogP contribution in [0.1, 0.15) is 40.3 Å². The van der Waals surface area contributed by atoms with E-state index in [9.17, 15) is 14.7 Å². The molecule has 116 valence electrons. The summed E-state index contributed by atoms with van der Waals surface area (Å²) < 4.78 is 5.11. The van der Waals surface area contributed by atoms with E-state index in [1.807, 2.05) is 13.8 Å². The second-order valence-corrected chi connectivity index (χ2v) is 6.65. The number of carboxylic acid groups (broad SMARTS) is 1. The molecule has 0 radical (unpaired) electrons. The number of hydrogen-bond donors (Lipinski definition) is 2. The van der Waals surface area contributed by atoms with E-state index >= 15 is 0 Å². The fraction of sp³-hybridized carbons (Fsp3) is 0.500. The van der Waals surface area contributed by atoms with Gasteiger partial charge in [-0.05, 0) is 26.7 Å². The zero-order valence-electron chi connectivity index (χ0n) is 12.8. The Morgan fingerprint density at radius 3 is 2.52 bits per heavy atom. The van der Waals surface area contributed by atoms with Crippen molar-refractivity contribution in [2.24, 2.45) is 5.92 Å². The van der Waals surface area contributed by atoms with Crippen LogP contribution in [0.15, 0.2) is 11.5 Å². The summed E-state index contributed by atoms with van der Waals surface area (Å²) in [7, 11) is 0. The number of aromatic nitrogens is 1. The number of ether oxygens (including phenoxy) is 1. The van der Waals surface area contributed by atoms with E-state index in [1.165, 1.54) is 0 Å². The van der Waals surface area contributed by atoms with Crippen molar-refractivity contribution < 1.29 is 19.4 Å². The van der Waals surface area contributed by atoms with Crippen molar-refractivity contribution in [2.75, 3.05) is 5.32 Å². The fourth-order valence-electron chi connectivity index (χ4n) is 1.45. The third kappa shape index (κ3) is 5.95. The molecule has 21 heavy (non-hydrogen) atoms. The number of carbonyl (C=O) groups excluding carboxylic acids is 1. The van der Waals surface area contributed by atoms with Gasteiger partial charge < -0.3 is 9.84 Å². The highest BCUT2D eigenvalue weighted by Crippen LogP contribution is 2.23. The van der Waals surface area contributed by atoms with Gasteiger partial charge in [0.1, 0.15) is 5.60 Å². The Labute approximate surface area is 127 Å². The highest BCUT2D eigenvalue weighted by atomic mass is 32.1. The molecule has 1 aromatic rings. The summed E-state index contributed by atoms with van der Waals surface area (Å²) in [4.78, 5) is 27.0. The first-order chi connectivity index (χ1) is 9.58. The maximum Gasteiger partial charge on any atom is 0.413 e. The number of thiazole rings is 1. The molecular formula is C14H20N2O4S. The second kappa shape index (κ2) is 6.71. The standard InChI is InChI=1S/C14H20N2O4S/c1-8(2)6-9(11(17)18)10-7-21-12(15-10)16-13(19)20-14(3,4)5/h6-8H,1-5H3,(H,17,18)(H,15,16,19)/b9-6-. The number of carboxylic acids is 1. The van der Waals surface area contributed by atoms with Crippen LogP contribution in [0.2, 0.25) is 0 Å². The first kappa shape index (κ1) is 17.2. The van der Waals surface area contributed by atoms with Gasteiger partial charge in [0.2, 0.25) is 0 Å². The van der Waals surface area contributed by atoms with Crippen molar-refractivity contribution in [3.8, 4) is 0 Å². The minimum Gasteiger partial charge on any atom is -0.478 e. The van der Waals surface area contributed by atoms with Gasteiger partial charge in [0.25, 0.3) is 0 Å². The topological polar surface area (TPSA) is 88.5 Å². The van der Waals surface area contributed by atoms with Crippen LogP contribution in [0.3, 0.4) is 0 Å².